The van der Waals surface area contributed by atoms with E-state index in [4.69, 9.17) is 0 Å². The van der Waals surface area contributed by atoms with Crippen molar-refractivity contribution >= 4 is 45.0 Å². The minimum Gasteiger partial charge on any atom is -0.340 e. The van der Waals surface area contributed by atoms with E-state index < -0.39 is 22.2 Å². The molecule has 2 amide bonds. The van der Waals surface area contributed by atoms with Crippen LogP contribution in [0, 0.1) is 21.5 Å². The molecule has 1 N–H and O–H groups in total. The summed E-state index contributed by atoms with van der Waals surface area (Å²) >= 11 is 0.742. The van der Waals surface area contributed by atoms with Crippen LogP contribution in [0.15, 0.2) is 36.7 Å². The number of fused-ring (bicyclic) bond motifs is 1. The van der Waals surface area contributed by atoms with Crippen LogP contribution in [-0.4, -0.2) is 59.5 Å². The summed E-state index contributed by atoms with van der Waals surface area (Å²) in [5.41, 5.74) is 0.321. The summed E-state index contributed by atoms with van der Waals surface area (Å²) in [5.74, 6) is -0.881. The Balaban J connectivity index is 1.54. The average Bonchev–Trinajstić information content (AvgIpc) is 3.62. The van der Waals surface area contributed by atoms with Gasteiger partial charge in [0, 0.05) is 36.3 Å². The van der Waals surface area contributed by atoms with Gasteiger partial charge in [0.15, 0.2) is 11.5 Å². The normalized spacial score (nSPS) is 15.7. The van der Waals surface area contributed by atoms with E-state index in [0.29, 0.717) is 36.1 Å². The van der Waals surface area contributed by atoms with Gasteiger partial charge in [0.2, 0.25) is 11.9 Å². The Kier molecular flexibility index (Phi) is 6.34. The molecule has 1 fully saturated rings. The number of aromatic nitrogens is 5. The Labute approximate surface area is 219 Å². The molecule has 1 unspecified atom stereocenters. The molecule has 1 aliphatic heterocycles. The number of hydrogen-bond acceptors (Lipinski definition) is 9. The van der Waals surface area contributed by atoms with Crippen molar-refractivity contribution in [3.63, 3.8) is 0 Å². The predicted octanol–water partition coefficient (Wildman–Crippen LogP) is 4.07. The fourth-order valence-corrected chi connectivity index (χ4v) is 4.96. The van der Waals surface area contributed by atoms with E-state index in [2.05, 4.69) is 25.4 Å². The number of carbonyl (C=O) groups excluding carboxylic acids is 2. The molecule has 4 aromatic heterocycles. The highest BCUT2D eigenvalue weighted by atomic mass is 32.1. The highest BCUT2D eigenvalue weighted by Gasteiger charge is 2.34. The maximum Gasteiger partial charge on any atom is 0.324 e. The van der Waals surface area contributed by atoms with Crippen molar-refractivity contribution in [1.82, 2.24) is 29.6 Å². The summed E-state index contributed by atoms with van der Waals surface area (Å²) in [6.07, 6.45) is 3.48. The lowest BCUT2D eigenvalue weighted by Crippen LogP contribution is -2.38. The molecule has 12 nitrogen and oxygen atoms in total. The molecule has 0 aromatic carbocycles. The Hall–Kier alpha value is -4.33. The smallest absolute Gasteiger partial charge is 0.324 e. The number of amides is 2. The molecule has 0 radical (unpaired) electrons. The van der Waals surface area contributed by atoms with Gasteiger partial charge in [0.05, 0.1) is 27.4 Å². The zero-order valence-corrected chi connectivity index (χ0v) is 21.5. The molecule has 0 aliphatic carbocycles. The average molecular weight is 539 g/mol. The van der Waals surface area contributed by atoms with Gasteiger partial charge in [-0.1, -0.05) is 32.1 Å². The number of rotatable bonds is 5. The first kappa shape index (κ1) is 25.3. The molecule has 1 saturated heterocycles. The number of likely N-dealkylation sites (tertiary alicyclic amines) is 1. The van der Waals surface area contributed by atoms with E-state index in [0.717, 1.165) is 11.3 Å². The maximum absolute atomic E-state index is 13.5. The van der Waals surface area contributed by atoms with Gasteiger partial charge in [-0.25, -0.2) is 19.6 Å². The van der Waals surface area contributed by atoms with Crippen LogP contribution in [0.4, 0.5) is 15.2 Å². The van der Waals surface area contributed by atoms with Crippen LogP contribution in [-0.2, 0) is 4.79 Å². The molecule has 5 rings (SSSR count). The minimum atomic E-state index is -0.665. The molecule has 14 heteroatoms. The Morgan fingerprint density at radius 3 is 2.63 bits per heavy atom. The zero-order valence-electron chi connectivity index (χ0n) is 20.7. The summed E-state index contributed by atoms with van der Waals surface area (Å²) in [4.78, 5) is 51.0. The number of hydrogen-bond donors (Lipinski definition) is 1. The fourth-order valence-electron chi connectivity index (χ4n) is 4.24. The van der Waals surface area contributed by atoms with E-state index in [1.807, 2.05) is 20.8 Å². The number of nitrogens with zero attached hydrogens (tertiary/aromatic N) is 7. The fraction of sp³-hybridized carbons (Fsp3) is 0.333. The number of anilines is 1. The highest BCUT2D eigenvalue weighted by molar-refractivity contribution is 7.17. The van der Waals surface area contributed by atoms with Crippen molar-refractivity contribution in [2.45, 2.75) is 33.2 Å². The third kappa shape index (κ3) is 4.81. The van der Waals surface area contributed by atoms with Gasteiger partial charge < -0.3 is 10.2 Å². The van der Waals surface area contributed by atoms with Crippen molar-refractivity contribution in [2.75, 3.05) is 18.4 Å². The SMILES string of the molecule is CC(C)(C)C(=O)N1CCC(n2ncc3c(NC(=O)c4ccc([N+](=O)[O-])s4)nc(-c4ccc(F)nc4)nc32)C1. The van der Waals surface area contributed by atoms with Crippen molar-refractivity contribution in [3.8, 4) is 11.4 Å². The van der Waals surface area contributed by atoms with E-state index in [1.54, 1.807) is 9.58 Å². The van der Waals surface area contributed by atoms with Crippen molar-refractivity contribution in [1.29, 1.82) is 0 Å². The van der Waals surface area contributed by atoms with Gasteiger partial charge in [-0.15, -0.1) is 0 Å². The molecule has 1 aliphatic rings. The monoisotopic (exact) mass is 538 g/mol. The lowest BCUT2D eigenvalue weighted by molar-refractivity contribution is -0.380. The number of thiophene rings is 1. The number of nitro groups is 1. The summed E-state index contributed by atoms with van der Waals surface area (Å²) in [7, 11) is 0. The first-order valence-electron chi connectivity index (χ1n) is 11.7. The van der Waals surface area contributed by atoms with Gasteiger partial charge in [0.1, 0.15) is 5.82 Å². The van der Waals surface area contributed by atoms with E-state index in [9.17, 15) is 24.1 Å². The highest BCUT2D eigenvalue weighted by Crippen LogP contribution is 2.32. The van der Waals surface area contributed by atoms with Crippen molar-refractivity contribution in [2.24, 2.45) is 5.41 Å². The lowest BCUT2D eigenvalue weighted by Gasteiger charge is -2.25. The van der Waals surface area contributed by atoms with Crippen molar-refractivity contribution in [3.05, 3.63) is 57.6 Å². The second kappa shape index (κ2) is 9.52. The molecule has 4 aromatic rings. The van der Waals surface area contributed by atoms with Crippen LogP contribution in [0.1, 0.15) is 42.9 Å². The second-order valence-electron chi connectivity index (χ2n) is 9.88. The molecule has 0 saturated carbocycles. The summed E-state index contributed by atoms with van der Waals surface area (Å²) in [5, 5.41) is 18.5. The molecule has 1 atom stereocenters. The Bertz CT molecular complexity index is 1560. The first-order chi connectivity index (χ1) is 18.0. The number of nitrogens with one attached hydrogen (secondary N) is 1. The van der Waals surface area contributed by atoms with Crippen molar-refractivity contribution < 1.29 is 18.9 Å². The van der Waals surface area contributed by atoms with Crippen LogP contribution < -0.4 is 5.32 Å². The maximum atomic E-state index is 13.5. The van der Waals surface area contributed by atoms with Crippen LogP contribution >= 0.6 is 11.3 Å². The van der Waals surface area contributed by atoms with E-state index in [1.165, 1.54) is 36.7 Å². The Morgan fingerprint density at radius 1 is 1.18 bits per heavy atom. The van der Waals surface area contributed by atoms with Gasteiger partial charge in [0.25, 0.3) is 5.91 Å². The van der Waals surface area contributed by atoms with Gasteiger partial charge in [-0.05, 0) is 24.6 Å². The number of halogens is 1. The molecule has 5 heterocycles. The topological polar surface area (TPSA) is 149 Å². The van der Waals surface area contributed by atoms with Crippen LogP contribution in [0.3, 0.4) is 0 Å². The number of carbonyl (C=O) groups is 2. The molecular formula is C24H23FN8O4S. The van der Waals surface area contributed by atoms with Crippen LogP contribution in [0.5, 0.6) is 0 Å². The minimum absolute atomic E-state index is 0.0437. The Morgan fingerprint density at radius 2 is 1.97 bits per heavy atom. The van der Waals surface area contributed by atoms with Gasteiger partial charge in [-0.3, -0.25) is 19.7 Å². The third-order valence-electron chi connectivity index (χ3n) is 6.10. The molecule has 196 valence electrons. The standard InChI is InChI=1S/C24H23FN8O4S/c1-24(2,3)23(35)31-9-8-14(12-31)32-21-15(11-27-32)20(28-19(29-21)13-4-6-17(25)26-10-13)30-22(34)16-5-7-18(38-16)33(36)37/h4-7,10-11,14H,8-9,12H2,1-3H3,(H,28,29,30,34). The summed E-state index contributed by atoms with van der Waals surface area (Å²) < 4.78 is 15.2. The third-order valence-corrected chi connectivity index (χ3v) is 7.14. The van der Waals surface area contributed by atoms with Gasteiger partial charge >= 0.3 is 5.00 Å². The molecule has 0 spiro atoms. The zero-order chi connectivity index (χ0) is 27.2. The lowest BCUT2D eigenvalue weighted by atomic mass is 9.95. The first-order valence-corrected chi connectivity index (χ1v) is 12.5. The summed E-state index contributed by atoms with van der Waals surface area (Å²) in [6.45, 7) is 6.64. The second-order valence-corrected chi connectivity index (χ2v) is 10.9. The molecular weight excluding hydrogens is 515 g/mol. The van der Waals surface area contributed by atoms with E-state index >= 15 is 0 Å². The van der Waals surface area contributed by atoms with Gasteiger partial charge in [-0.2, -0.15) is 9.49 Å². The number of pyridine rings is 1. The quantitative estimate of drug-likeness (QED) is 0.227. The molecule has 38 heavy (non-hydrogen) atoms. The molecule has 0 bridgehead atoms. The van der Waals surface area contributed by atoms with Crippen LogP contribution in [0.25, 0.3) is 22.4 Å². The van der Waals surface area contributed by atoms with Crippen LogP contribution in [0.2, 0.25) is 0 Å². The van der Waals surface area contributed by atoms with E-state index in [-0.39, 0.29) is 33.5 Å². The summed E-state index contributed by atoms with van der Waals surface area (Å²) in [6, 6.07) is 5.11. The largest absolute Gasteiger partial charge is 0.340 e. The predicted molar refractivity (Wildman–Crippen MR) is 137 cm³/mol.